The summed E-state index contributed by atoms with van der Waals surface area (Å²) in [5.41, 5.74) is 7.17. The molecule has 2 heterocycles. The molecule has 10 heavy (non-hydrogen) atoms. The zero-order valence-electron chi connectivity index (χ0n) is 5.20. The maximum Gasteiger partial charge on any atom is 0.151 e. The summed E-state index contributed by atoms with van der Waals surface area (Å²) < 4.78 is 0. The van der Waals surface area contributed by atoms with Crippen molar-refractivity contribution < 1.29 is 0 Å². The Bertz CT molecular complexity index is 351. The fraction of sp³-hybridized carbons (Fsp3) is 0. The molecule has 0 aliphatic heterocycles. The van der Waals surface area contributed by atoms with E-state index in [1.807, 2.05) is 6.07 Å². The number of nitrogens with zero attached hydrogens (tertiary/aromatic N) is 2. The highest BCUT2D eigenvalue weighted by Crippen LogP contribution is 2.11. The highest BCUT2D eigenvalue weighted by molar-refractivity contribution is 5.83. The first-order valence-electron chi connectivity index (χ1n) is 2.91. The first-order valence-corrected chi connectivity index (χ1v) is 2.91. The number of nitrogens with one attached hydrogen (secondary N) is 1. The van der Waals surface area contributed by atoms with Gasteiger partial charge in [0.15, 0.2) is 5.82 Å². The molecule has 0 saturated carbocycles. The molecule has 0 bridgehead atoms. The molecular weight excluding hydrogens is 128 g/mol. The highest BCUT2D eigenvalue weighted by atomic mass is 14.9. The molecule has 2 aromatic heterocycles. The minimum atomic E-state index is 0.471. The smallest absolute Gasteiger partial charge is 0.151 e. The van der Waals surface area contributed by atoms with Gasteiger partial charge < -0.3 is 10.7 Å². The SMILES string of the molecule is Nc1nccc2[nH]cnc12. The molecule has 0 unspecified atom stereocenters. The zero-order valence-corrected chi connectivity index (χ0v) is 5.20. The second-order valence-electron chi connectivity index (χ2n) is 1.99. The Labute approximate surface area is 57.1 Å². The summed E-state index contributed by atoms with van der Waals surface area (Å²) in [6.45, 7) is 0. The molecular formula is C6H6N4. The lowest BCUT2D eigenvalue weighted by Gasteiger charge is -1.89. The molecule has 0 amide bonds. The number of anilines is 1. The van der Waals surface area contributed by atoms with E-state index in [2.05, 4.69) is 15.0 Å². The second kappa shape index (κ2) is 1.70. The van der Waals surface area contributed by atoms with Crippen LogP contribution in [0.5, 0.6) is 0 Å². The van der Waals surface area contributed by atoms with Crippen LogP contribution in [0.2, 0.25) is 0 Å². The molecule has 0 radical (unpaired) electrons. The highest BCUT2D eigenvalue weighted by Gasteiger charge is 1.97. The van der Waals surface area contributed by atoms with Crippen molar-refractivity contribution in [3.63, 3.8) is 0 Å². The molecule has 0 aromatic carbocycles. The van der Waals surface area contributed by atoms with Gasteiger partial charge >= 0.3 is 0 Å². The van der Waals surface area contributed by atoms with Crippen molar-refractivity contribution >= 4 is 16.9 Å². The summed E-state index contributed by atoms with van der Waals surface area (Å²) in [5, 5.41) is 0. The van der Waals surface area contributed by atoms with Crippen molar-refractivity contribution in [2.75, 3.05) is 5.73 Å². The van der Waals surface area contributed by atoms with Crippen LogP contribution in [0.1, 0.15) is 0 Å². The minimum Gasteiger partial charge on any atom is -0.382 e. The van der Waals surface area contributed by atoms with Gasteiger partial charge in [0.2, 0.25) is 0 Å². The Hall–Kier alpha value is -1.58. The number of pyridine rings is 1. The fourth-order valence-electron chi connectivity index (χ4n) is 0.889. The number of aromatic nitrogens is 3. The van der Waals surface area contributed by atoms with Crippen molar-refractivity contribution in [2.45, 2.75) is 0 Å². The van der Waals surface area contributed by atoms with E-state index in [0.717, 1.165) is 11.0 Å². The van der Waals surface area contributed by atoms with Gasteiger partial charge in [-0.05, 0) is 6.07 Å². The molecule has 0 aliphatic carbocycles. The Kier molecular flexibility index (Phi) is 0.887. The van der Waals surface area contributed by atoms with Crippen LogP contribution < -0.4 is 5.73 Å². The lowest BCUT2D eigenvalue weighted by molar-refractivity contribution is 1.33. The lowest BCUT2D eigenvalue weighted by atomic mass is 10.4. The van der Waals surface area contributed by atoms with Crippen LogP contribution in [-0.2, 0) is 0 Å². The van der Waals surface area contributed by atoms with Crippen LogP contribution in [0.3, 0.4) is 0 Å². The van der Waals surface area contributed by atoms with E-state index in [1.54, 1.807) is 12.5 Å². The Morgan fingerprint density at radius 1 is 1.40 bits per heavy atom. The number of hydrogen-bond donors (Lipinski definition) is 2. The van der Waals surface area contributed by atoms with Gasteiger partial charge in [0.1, 0.15) is 5.52 Å². The van der Waals surface area contributed by atoms with Crippen LogP contribution in [0, 0.1) is 0 Å². The quantitative estimate of drug-likeness (QED) is 0.552. The molecule has 0 aliphatic rings. The summed E-state index contributed by atoms with van der Waals surface area (Å²) in [7, 11) is 0. The lowest BCUT2D eigenvalue weighted by Crippen LogP contribution is -1.89. The van der Waals surface area contributed by atoms with Gasteiger partial charge in [-0.25, -0.2) is 9.97 Å². The van der Waals surface area contributed by atoms with E-state index >= 15 is 0 Å². The third kappa shape index (κ3) is 0.556. The van der Waals surface area contributed by atoms with E-state index in [0.29, 0.717) is 5.82 Å². The first kappa shape index (κ1) is 5.22. The molecule has 0 fully saturated rings. The molecule has 4 nitrogen and oxygen atoms in total. The van der Waals surface area contributed by atoms with Gasteiger partial charge in [0.05, 0.1) is 11.8 Å². The number of hydrogen-bond acceptors (Lipinski definition) is 3. The molecule has 4 heteroatoms. The molecule has 2 rings (SSSR count). The number of imidazole rings is 1. The Balaban J connectivity index is 2.95. The first-order chi connectivity index (χ1) is 4.88. The average Bonchev–Trinajstić information content (AvgIpc) is 2.36. The fourth-order valence-corrected chi connectivity index (χ4v) is 0.889. The van der Waals surface area contributed by atoms with Crippen molar-refractivity contribution in [2.24, 2.45) is 0 Å². The standard InChI is InChI=1S/C6H6N4/c7-6-5-4(1-2-8-6)9-3-10-5/h1-3H,(H2,7,8)(H,9,10). The van der Waals surface area contributed by atoms with E-state index in [9.17, 15) is 0 Å². The van der Waals surface area contributed by atoms with Gasteiger partial charge in [0, 0.05) is 6.20 Å². The van der Waals surface area contributed by atoms with Gasteiger partial charge in [-0.15, -0.1) is 0 Å². The Morgan fingerprint density at radius 2 is 2.30 bits per heavy atom. The van der Waals surface area contributed by atoms with Crippen LogP contribution in [-0.4, -0.2) is 15.0 Å². The number of H-pyrrole nitrogens is 1. The van der Waals surface area contributed by atoms with E-state index in [-0.39, 0.29) is 0 Å². The maximum atomic E-state index is 5.51. The molecule has 0 atom stereocenters. The average molecular weight is 134 g/mol. The van der Waals surface area contributed by atoms with Gasteiger partial charge in [-0.1, -0.05) is 0 Å². The zero-order chi connectivity index (χ0) is 6.97. The van der Waals surface area contributed by atoms with E-state index in [4.69, 9.17) is 5.73 Å². The summed E-state index contributed by atoms with van der Waals surface area (Å²) in [6, 6.07) is 1.83. The van der Waals surface area contributed by atoms with Crippen LogP contribution in [0.4, 0.5) is 5.82 Å². The van der Waals surface area contributed by atoms with Crippen molar-refractivity contribution in [1.29, 1.82) is 0 Å². The van der Waals surface area contributed by atoms with E-state index < -0.39 is 0 Å². The summed E-state index contributed by atoms with van der Waals surface area (Å²) in [5.74, 6) is 0.471. The molecule has 0 spiro atoms. The predicted molar refractivity (Wildman–Crippen MR) is 38.3 cm³/mol. The van der Waals surface area contributed by atoms with Crippen molar-refractivity contribution in [1.82, 2.24) is 15.0 Å². The van der Waals surface area contributed by atoms with Crippen LogP contribution in [0.15, 0.2) is 18.6 Å². The largest absolute Gasteiger partial charge is 0.382 e. The van der Waals surface area contributed by atoms with E-state index in [1.165, 1.54) is 0 Å². The third-order valence-corrected chi connectivity index (χ3v) is 1.37. The van der Waals surface area contributed by atoms with Crippen molar-refractivity contribution in [3.8, 4) is 0 Å². The maximum absolute atomic E-state index is 5.51. The number of nitrogen functional groups attached to an aromatic ring is 1. The van der Waals surface area contributed by atoms with Gasteiger partial charge in [-0.3, -0.25) is 0 Å². The summed E-state index contributed by atoms with van der Waals surface area (Å²) in [4.78, 5) is 10.8. The number of nitrogens with two attached hydrogens (primary N) is 1. The Morgan fingerprint density at radius 3 is 3.10 bits per heavy atom. The molecule has 2 aromatic rings. The second-order valence-corrected chi connectivity index (χ2v) is 1.99. The predicted octanol–water partition coefficient (Wildman–Crippen LogP) is 0.540. The number of rotatable bonds is 0. The normalized spacial score (nSPS) is 10.4. The molecule has 0 saturated heterocycles. The topological polar surface area (TPSA) is 67.6 Å². The number of aromatic amines is 1. The minimum absolute atomic E-state index is 0.471. The molecule has 3 N–H and O–H groups in total. The summed E-state index contributed by atoms with van der Waals surface area (Å²) in [6.07, 6.45) is 3.25. The number of fused-ring (bicyclic) bond motifs is 1. The third-order valence-electron chi connectivity index (χ3n) is 1.37. The van der Waals surface area contributed by atoms with Gasteiger partial charge in [-0.2, -0.15) is 0 Å². The van der Waals surface area contributed by atoms with Crippen LogP contribution in [0.25, 0.3) is 11.0 Å². The van der Waals surface area contributed by atoms with Crippen molar-refractivity contribution in [3.05, 3.63) is 18.6 Å². The molecule has 50 valence electrons. The van der Waals surface area contributed by atoms with Crippen LogP contribution >= 0.6 is 0 Å². The van der Waals surface area contributed by atoms with Gasteiger partial charge in [0.25, 0.3) is 0 Å². The summed E-state index contributed by atoms with van der Waals surface area (Å²) >= 11 is 0. The monoisotopic (exact) mass is 134 g/mol.